The second-order valence-corrected chi connectivity index (χ2v) is 6.94. The number of nitrogens with one attached hydrogen (secondary N) is 1. The molecule has 0 fully saturated rings. The van der Waals surface area contributed by atoms with E-state index in [1.54, 1.807) is 20.3 Å². The topological polar surface area (TPSA) is 60.5 Å². The summed E-state index contributed by atoms with van der Waals surface area (Å²) in [6, 6.07) is 15.1. The highest BCUT2D eigenvalue weighted by Crippen LogP contribution is 2.31. The molecule has 3 aromatic rings. The summed E-state index contributed by atoms with van der Waals surface area (Å²) in [6.07, 6.45) is 0. The SMILES string of the molecule is COCc1cccc(C(=O)Nc2nc(-c3ccc(OC)cc3)c(C)s2)c1. The van der Waals surface area contributed by atoms with Crippen LogP contribution in [-0.2, 0) is 11.3 Å². The van der Waals surface area contributed by atoms with Crippen molar-refractivity contribution in [2.45, 2.75) is 13.5 Å². The van der Waals surface area contributed by atoms with Gasteiger partial charge in [-0.15, -0.1) is 11.3 Å². The van der Waals surface area contributed by atoms with E-state index >= 15 is 0 Å². The highest BCUT2D eigenvalue weighted by molar-refractivity contribution is 7.16. The molecule has 2 aromatic carbocycles. The normalized spacial score (nSPS) is 10.6. The lowest BCUT2D eigenvalue weighted by Crippen LogP contribution is -2.12. The lowest BCUT2D eigenvalue weighted by atomic mass is 10.1. The van der Waals surface area contributed by atoms with Gasteiger partial charge in [-0.05, 0) is 48.9 Å². The molecule has 0 saturated carbocycles. The fourth-order valence-electron chi connectivity index (χ4n) is 2.60. The maximum Gasteiger partial charge on any atom is 0.257 e. The Balaban J connectivity index is 1.78. The van der Waals surface area contributed by atoms with E-state index in [-0.39, 0.29) is 5.91 Å². The number of aromatic nitrogens is 1. The Morgan fingerprint density at radius 3 is 2.62 bits per heavy atom. The molecule has 1 heterocycles. The molecule has 0 bridgehead atoms. The van der Waals surface area contributed by atoms with Gasteiger partial charge in [-0.1, -0.05) is 12.1 Å². The molecule has 1 aromatic heterocycles. The molecule has 0 unspecified atom stereocenters. The number of hydrogen-bond acceptors (Lipinski definition) is 5. The van der Waals surface area contributed by atoms with Gasteiger partial charge in [0, 0.05) is 23.1 Å². The van der Waals surface area contributed by atoms with Gasteiger partial charge in [-0.3, -0.25) is 10.1 Å². The van der Waals surface area contributed by atoms with Gasteiger partial charge in [0.25, 0.3) is 5.91 Å². The van der Waals surface area contributed by atoms with Crippen LogP contribution < -0.4 is 10.1 Å². The Kier molecular flexibility index (Phi) is 5.65. The van der Waals surface area contributed by atoms with Crippen LogP contribution in [0.1, 0.15) is 20.8 Å². The van der Waals surface area contributed by atoms with E-state index in [4.69, 9.17) is 9.47 Å². The summed E-state index contributed by atoms with van der Waals surface area (Å²) in [5, 5.41) is 3.46. The average molecular weight is 368 g/mol. The number of anilines is 1. The van der Waals surface area contributed by atoms with Crippen molar-refractivity contribution in [2.75, 3.05) is 19.5 Å². The third-order valence-corrected chi connectivity index (χ3v) is 4.77. The molecule has 6 heteroatoms. The molecule has 0 atom stereocenters. The summed E-state index contributed by atoms with van der Waals surface area (Å²) < 4.78 is 10.3. The average Bonchev–Trinajstić information content (AvgIpc) is 3.02. The van der Waals surface area contributed by atoms with Gasteiger partial charge in [-0.25, -0.2) is 4.98 Å². The standard InChI is InChI=1S/C20H20N2O3S/c1-13-18(15-7-9-17(25-3)10-8-15)21-20(26-13)22-19(23)16-6-4-5-14(11-16)12-24-2/h4-11H,12H2,1-3H3,(H,21,22,23). The summed E-state index contributed by atoms with van der Waals surface area (Å²) in [5.41, 5.74) is 3.39. The summed E-state index contributed by atoms with van der Waals surface area (Å²) in [6.45, 7) is 2.46. The zero-order valence-electron chi connectivity index (χ0n) is 14.9. The quantitative estimate of drug-likeness (QED) is 0.695. The highest BCUT2D eigenvalue weighted by Gasteiger charge is 2.13. The minimum atomic E-state index is -0.182. The van der Waals surface area contributed by atoms with E-state index in [1.165, 1.54) is 11.3 Å². The third-order valence-electron chi connectivity index (χ3n) is 3.88. The molecule has 1 amide bonds. The van der Waals surface area contributed by atoms with Crippen molar-refractivity contribution in [3.63, 3.8) is 0 Å². The maximum atomic E-state index is 12.5. The van der Waals surface area contributed by atoms with Crippen molar-refractivity contribution < 1.29 is 14.3 Å². The van der Waals surface area contributed by atoms with E-state index in [1.807, 2.05) is 49.4 Å². The largest absolute Gasteiger partial charge is 0.497 e. The van der Waals surface area contributed by atoms with Crippen LogP contribution in [0.5, 0.6) is 5.75 Å². The van der Waals surface area contributed by atoms with Crippen molar-refractivity contribution in [3.8, 4) is 17.0 Å². The molecule has 0 aliphatic carbocycles. The van der Waals surface area contributed by atoms with Gasteiger partial charge in [-0.2, -0.15) is 0 Å². The predicted molar refractivity (Wildman–Crippen MR) is 104 cm³/mol. The molecule has 0 aliphatic rings. The second-order valence-electron chi connectivity index (χ2n) is 5.74. The zero-order chi connectivity index (χ0) is 18.5. The molecule has 5 nitrogen and oxygen atoms in total. The fourth-order valence-corrected chi connectivity index (χ4v) is 3.44. The van der Waals surface area contributed by atoms with Crippen molar-refractivity contribution >= 4 is 22.4 Å². The first-order valence-corrected chi connectivity index (χ1v) is 8.93. The van der Waals surface area contributed by atoms with Crippen molar-refractivity contribution in [1.82, 2.24) is 4.98 Å². The number of carbonyl (C=O) groups is 1. The van der Waals surface area contributed by atoms with E-state index in [0.717, 1.165) is 27.4 Å². The van der Waals surface area contributed by atoms with Crippen LogP contribution >= 0.6 is 11.3 Å². The summed E-state index contributed by atoms with van der Waals surface area (Å²) in [7, 11) is 3.27. The number of amides is 1. The van der Waals surface area contributed by atoms with Gasteiger partial charge < -0.3 is 9.47 Å². The van der Waals surface area contributed by atoms with Crippen LogP contribution in [0.15, 0.2) is 48.5 Å². The lowest BCUT2D eigenvalue weighted by molar-refractivity contribution is 0.102. The summed E-state index contributed by atoms with van der Waals surface area (Å²) in [4.78, 5) is 18.1. The van der Waals surface area contributed by atoms with Gasteiger partial charge >= 0.3 is 0 Å². The number of carbonyl (C=O) groups excluding carboxylic acids is 1. The Morgan fingerprint density at radius 1 is 1.15 bits per heavy atom. The van der Waals surface area contributed by atoms with Gasteiger partial charge in [0.2, 0.25) is 0 Å². The molecule has 0 saturated heterocycles. The molecular weight excluding hydrogens is 348 g/mol. The molecule has 26 heavy (non-hydrogen) atoms. The first-order valence-electron chi connectivity index (χ1n) is 8.12. The minimum absolute atomic E-state index is 0.182. The Labute approximate surface area is 156 Å². The van der Waals surface area contributed by atoms with E-state index in [9.17, 15) is 4.79 Å². The van der Waals surface area contributed by atoms with Crippen LogP contribution in [0, 0.1) is 6.92 Å². The van der Waals surface area contributed by atoms with Gasteiger partial charge in [0.05, 0.1) is 19.4 Å². The zero-order valence-corrected chi connectivity index (χ0v) is 15.7. The van der Waals surface area contributed by atoms with Gasteiger partial charge in [0.15, 0.2) is 5.13 Å². The number of rotatable bonds is 6. The Hall–Kier alpha value is -2.70. The number of methoxy groups -OCH3 is 2. The summed E-state index contributed by atoms with van der Waals surface area (Å²) in [5.74, 6) is 0.615. The third kappa shape index (κ3) is 4.09. The molecule has 0 radical (unpaired) electrons. The number of thiazole rings is 1. The van der Waals surface area contributed by atoms with E-state index < -0.39 is 0 Å². The number of hydrogen-bond donors (Lipinski definition) is 1. The maximum absolute atomic E-state index is 12.5. The van der Waals surface area contributed by atoms with Crippen LogP contribution in [-0.4, -0.2) is 25.1 Å². The molecule has 0 aliphatic heterocycles. The first-order chi connectivity index (χ1) is 12.6. The minimum Gasteiger partial charge on any atom is -0.497 e. The molecule has 3 rings (SSSR count). The monoisotopic (exact) mass is 368 g/mol. The highest BCUT2D eigenvalue weighted by atomic mass is 32.1. The number of aryl methyl sites for hydroxylation is 1. The van der Waals surface area contributed by atoms with Crippen LogP contribution in [0.2, 0.25) is 0 Å². The predicted octanol–water partition coefficient (Wildman–Crippen LogP) is 4.53. The smallest absolute Gasteiger partial charge is 0.257 e. The molecule has 134 valence electrons. The van der Waals surface area contributed by atoms with Crippen LogP contribution in [0.25, 0.3) is 11.3 Å². The second kappa shape index (κ2) is 8.12. The van der Waals surface area contributed by atoms with Crippen LogP contribution in [0.4, 0.5) is 5.13 Å². The van der Waals surface area contributed by atoms with E-state index in [2.05, 4.69) is 10.3 Å². The van der Waals surface area contributed by atoms with Crippen molar-refractivity contribution in [3.05, 3.63) is 64.5 Å². The molecular formula is C20H20N2O3S. The Morgan fingerprint density at radius 2 is 1.92 bits per heavy atom. The fraction of sp³-hybridized carbons (Fsp3) is 0.200. The number of nitrogens with zero attached hydrogens (tertiary/aromatic N) is 1. The molecule has 0 spiro atoms. The lowest BCUT2D eigenvalue weighted by Gasteiger charge is -2.04. The van der Waals surface area contributed by atoms with E-state index in [0.29, 0.717) is 17.3 Å². The van der Waals surface area contributed by atoms with Crippen molar-refractivity contribution in [2.24, 2.45) is 0 Å². The summed E-state index contributed by atoms with van der Waals surface area (Å²) >= 11 is 1.46. The number of benzene rings is 2. The van der Waals surface area contributed by atoms with Crippen LogP contribution in [0.3, 0.4) is 0 Å². The first kappa shape index (κ1) is 18.1. The Bertz CT molecular complexity index is 904. The van der Waals surface area contributed by atoms with Crippen molar-refractivity contribution in [1.29, 1.82) is 0 Å². The number of ether oxygens (including phenoxy) is 2. The van der Waals surface area contributed by atoms with Gasteiger partial charge in [0.1, 0.15) is 5.75 Å². The molecule has 1 N–H and O–H groups in total.